The highest BCUT2D eigenvalue weighted by Gasteiger charge is 2.33. The van der Waals surface area contributed by atoms with Gasteiger partial charge in [0.05, 0.1) is 17.7 Å². The van der Waals surface area contributed by atoms with E-state index in [0.717, 1.165) is 46.7 Å². The SMILES string of the molecule is COc1cccc(CN(C(=O)CN(c2ccc(C)c(C)c2)S(=O)(=O)c2ccc(Cl)cc2)[C@H](C)C(=O)NC2CCCC2)c1. The van der Waals surface area contributed by atoms with Gasteiger partial charge in [0.2, 0.25) is 11.8 Å². The Kier molecular flexibility index (Phi) is 10.2. The van der Waals surface area contributed by atoms with Crippen LogP contribution in [0.25, 0.3) is 0 Å². The van der Waals surface area contributed by atoms with Crippen LogP contribution in [0.4, 0.5) is 5.69 Å². The number of ether oxygens (including phenoxy) is 1. The first-order valence-electron chi connectivity index (χ1n) is 14.1. The van der Waals surface area contributed by atoms with E-state index in [0.29, 0.717) is 16.5 Å². The number of amides is 2. The molecule has 3 aromatic rings. The van der Waals surface area contributed by atoms with Gasteiger partial charge in [-0.15, -0.1) is 0 Å². The van der Waals surface area contributed by atoms with E-state index < -0.39 is 28.5 Å². The summed E-state index contributed by atoms with van der Waals surface area (Å²) in [5.41, 5.74) is 2.98. The fourth-order valence-corrected chi connectivity index (χ4v) is 6.62. The fourth-order valence-electron chi connectivity index (χ4n) is 5.09. The molecule has 0 spiro atoms. The van der Waals surface area contributed by atoms with Crippen LogP contribution in [0.1, 0.15) is 49.3 Å². The number of anilines is 1. The predicted molar refractivity (Wildman–Crippen MR) is 165 cm³/mol. The van der Waals surface area contributed by atoms with Crippen LogP contribution in [0, 0.1) is 13.8 Å². The Bertz CT molecular complexity index is 1520. The molecule has 0 heterocycles. The average Bonchev–Trinajstić information content (AvgIpc) is 3.49. The van der Waals surface area contributed by atoms with Crippen LogP contribution >= 0.6 is 11.6 Å². The van der Waals surface area contributed by atoms with E-state index in [-0.39, 0.29) is 23.4 Å². The molecule has 1 saturated carbocycles. The van der Waals surface area contributed by atoms with Gasteiger partial charge in [0.25, 0.3) is 10.0 Å². The van der Waals surface area contributed by atoms with Gasteiger partial charge in [0.1, 0.15) is 18.3 Å². The molecule has 0 bridgehead atoms. The molecule has 0 unspecified atom stereocenters. The number of carbonyl (C=O) groups is 2. The third-order valence-electron chi connectivity index (χ3n) is 7.81. The first kappa shape index (κ1) is 31.4. The van der Waals surface area contributed by atoms with Gasteiger partial charge in [-0.2, -0.15) is 0 Å². The molecule has 10 heteroatoms. The predicted octanol–water partition coefficient (Wildman–Crippen LogP) is 5.64. The minimum Gasteiger partial charge on any atom is -0.497 e. The van der Waals surface area contributed by atoms with Crippen molar-refractivity contribution in [3.63, 3.8) is 0 Å². The molecule has 0 aliphatic heterocycles. The number of hydrogen-bond acceptors (Lipinski definition) is 5. The first-order chi connectivity index (χ1) is 20.0. The Labute approximate surface area is 253 Å². The molecule has 1 aliphatic rings. The van der Waals surface area contributed by atoms with Crippen molar-refractivity contribution in [2.45, 2.75) is 70.0 Å². The maximum Gasteiger partial charge on any atom is 0.264 e. The van der Waals surface area contributed by atoms with Crippen molar-refractivity contribution in [2.75, 3.05) is 18.0 Å². The summed E-state index contributed by atoms with van der Waals surface area (Å²) in [6, 6.07) is 17.6. The molecule has 1 N–H and O–H groups in total. The number of methoxy groups -OCH3 is 1. The van der Waals surface area contributed by atoms with Crippen molar-refractivity contribution < 1.29 is 22.7 Å². The second kappa shape index (κ2) is 13.6. The summed E-state index contributed by atoms with van der Waals surface area (Å²) in [6.07, 6.45) is 3.92. The molecule has 1 aliphatic carbocycles. The summed E-state index contributed by atoms with van der Waals surface area (Å²) in [6.45, 7) is 5.09. The van der Waals surface area contributed by atoms with E-state index >= 15 is 0 Å². The van der Waals surface area contributed by atoms with E-state index in [9.17, 15) is 18.0 Å². The number of benzene rings is 3. The molecular formula is C32H38ClN3O5S. The number of nitrogens with zero attached hydrogens (tertiary/aromatic N) is 2. The monoisotopic (exact) mass is 611 g/mol. The van der Waals surface area contributed by atoms with Gasteiger partial charge >= 0.3 is 0 Å². The molecule has 0 aromatic heterocycles. The maximum atomic E-state index is 14.1. The van der Waals surface area contributed by atoms with Gasteiger partial charge in [-0.1, -0.05) is 42.6 Å². The summed E-state index contributed by atoms with van der Waals surface area (Å²) < 4.78 is 34.4. The van der Waals surface area contributed by atoms with E-state index in [1.165, 1.54) is 29.2 Å². The molecule has 4 rings (SSSR count). The minimum absolute atomic E-state index is 0.00398. The Morgan fingerprint density at radius 2 is 1.69 bits per heavy atom. The van der Waals surface area contributed by atoms with Crippen LogP contribution in [-0.2, 0) is 26.2 Å². The van der Waals surface area contributed by atoms with E-state index in [1.807, 2.05) is 32.0 Å². The zero-order valence-corrected chi connectivity index (χ0v) is 26.0. The summed E-state index contributed by atoms with van der Waals surface area (Å²) in [7, 11) is -2.61. The van der Waals surface area contributed by atoms with Crippen LogP contribution in [0.15, 0.2) is 71.6 Å². The second-order valence-corrected chi connectivity index (χ2v) is 13.1. The van der Waals surface area contributed by atoms with Crippen LogP contribution < -0.4 is 14.4 Å². The van der Waals surface area contributed by atoms with Crippen LogP contribution in [0.3, 0.4) is 0 Å². The smallest absolute Gasteiger partial charge is 0.264 e. The minimum atomic E-state index is -4.17. The number of halogens is 1. The van der Waals surface area contributed by atoms with Gasteiger partial charge < -0.3 is 15.0 Å². The third-order valence-corrected chi connectivity index (χ3v) is 9.85. The standard InChI is InChI=1S/C32H38ClN3O5S/c1-22-12-15-28(18-23(22)2)36(42(39,40)30-16-13-26(33)14-17-30)21-31(37)35(20-25-8-7-11-29(19-25)41-4)24(3)32(38)34-27-9-5-6-10-27/h7-8,11-19,24,27H,5-6,9-10,20-21H2,1-4H3,(H,34,38)/t24-/m1/s1. The Balaban J connectivity index is 1.71. The van der Waals surface area contributed by atoms with E-state index in [4.69, 9.17) is 16.3 Å². The Hall–Kier alpha value is -3.56. The van der Waals surface area contributed by atoms with E-state index in [2.05, 4.69) is 5.32 Å². The number of rotatable bonds is 11. The van der Waals surface area contributed by atoms with Gasteiger partial charge in [0, 0.05) is 17.6 Å². The van der Waals surface area contributed by atoms with Gasteiger partial charge in [-0.3, -0.25) is 13.9 Å². The van der Waals surface area contributed by atoms with Crippen molar-refractivity contribution in [3.05, 3.63) is 88.4 Å². The maximum absolute atomic E-state index is 14.1. The molecule has 42 heavy (non-hydrogen) atoms. The van der Waals surface area contributed by atoms with Crippen molar-refractivity contribution in [3.8, 4) is 5.75 Å². The summed E-state index contributed by atoms with van der Waals surface area (Å²) in [4.78, 5) is 29.0. The lowest BCUT2D eigenvalue weighted by molar-refractivity contribution is -0.139. The van der Waals surface area contributed by atoms with Gasteiger partial charge in [-0.05, 0) is 98.8 Å². The highest BCUT2D eigenvalue weighted by molar-refractivity contribution is 7.92. The molecule has 1 atom stereocenters. The first-order valence-corrected chi connectivity index (χ1v) is 15.9. The zero-order valence-electron chi connectivity index (χ0n) is 24.5. The van der Waals surface area contributed by atoms with Crippen molar-refractivity contribution in [1.29, 1.82) is 0 Å². The highest BCUT2D eigenvalue weighted by atomic mass is 35.5. The molecule has 1 fully saturated rings. The average molecular weight is 612 g/mol. The van der Waals surface area contributed by atoms with Crippen LogP contribution in [0.5, 0.6) is 5.75 Å². The summed E-state index contributed by atoms with van der Waals surface area (Å²) in [5.74, 6) is -0.163. The lowest BCUT2D eigenvalue weighted by Gasteiger charge is -2.32. The normalized spacial score (nSPS) is 14.3. The van der Waals surface area contributed by atoms with Crippen molar-refractivity contribution in [1.82, 2.24) is 10.2 Å². The molecular weight excluding hydrogens is 574 g/mol. The lowest BCUT2D eigenvalue weighted by atomic mass is 10.1. The Morgan fingerprint density at radius 1 is 1.00 bits per heavy atom. The fraction of sp³-hybridized carbons (Fsp3) is 0.375. The van der Waals surface area contributed by atoms with Crippen molar-refractivity contribution in [2.24, 2.45) is 0 Å². The van der Waals surface area contributed by atoms with Crippen LogP contribution in [0.2, 0.25) is 5.02 Å². The quantitative estimate of drug-likeness (QED) is 0.303. The number of hydrogen-bond donors (Lipinski definition) is 1. The number of sulfonamides is 1. The largest absolute Gasteiger partial charge is 0.497 e. The summed E-state index contributed by atoms with van der Waals surface area (Å²) in [5, 5.41) is 3.48. The Morgan fingerprint density at radius 3 is 2.33 bits per heavy atom. The molecule has 0 saturated heterocycles. The zero-order chi connectivity index (χ0) is 30.4. The van der Waals surface area contributed by atoms with Gasteiger partial charge in [0.15, 0.2) is 0 Å². The molecule has 8 nitrogen and oxygen atoms in total. The third kappa shape index (κ3) is 7.44. The number of carbonyl (C=O) groups excluding carboxylic acids is 2. The van der Waals surface area contributed by atoms with E-state index in [1.54, 1.807) is 38.3 Å². The lowest BCUT2D eigenvalue weighted by Crippen LogP contribution is -2.52. The molecule has 224 valence electrons. The molecule has 0 radical (unpaired) electrons. The second-order valence-electron chi connectivity index (χ2n) is 10.8. The van der Waals surface area contributed by atoms with Crippen LogP contribution in [-0.4, -0.2) is 50.9 Å². The summed E-state index contributed by atoms with van der Waals surface area (Å²) >= 11 is 6.03. The highest BCUT2D eigenvalue weighted by Crippen LogP contribution is 2.28. The topological polar surface area (TPSA) is 96.0 Å². The van der Waals surface area contributed by atoms with Gasteiger partial charge in [-0.25, -0.2) is 8.42 Å². The number of nitrogens with one attached hydrogen (secondary N) is 1. The molecule has 3 aromatic carbocycles. The van der Waals surface area contributed by atoms with Crippen molar-refractivity contribution >= 4 is 39.1 Å². The number of aryl methyl sites for hydroxylation is 2. The molecule has 2 amide bonds.